The lowest BCUT2D eigenvalue weighted by molar-refractivity contribution is -0.123. The Labute approximate surface area is 124 Å². The summed E-state index contributed by atoms with van der Waals surface area (Å²) in [6.07, 6.45) is -1.28. The zero-order valence-electron chi connectivity index (χ0n) is 11.7. The number of benzene rings is 1. The molecule has 2 aromatic rings. The van der Waals surface area contributed by atoms with Gasteiger partial charge in [0.05, 0.1) is 5.69 Å². The largest absolute Gasteiger partial charge is 0.447 e. The number of hydrogen-bond acceptors (Lipinski definition) is 5. The van der Waals surface area contributed by atoms with Gasteiger partial charge in [-0.05, 0) is 26.0 Å². The molecule has 1 heterocycles. The Morgan fingerprint density at radius 2 is 1.95 bits per heavy atom. The van der Waals surface area contributed by atoms with Crippen molar-refractivity contribution in [2.45, 2.75) is 20.0 Å². The zero-order valence-corrected chi connectivity index (χ0v) is 11.7. The van der Waals surface area contributed by atoms with Gasteiger partial charge in [-0.15, -0.1) is 0 Å². The van der Waals surface area contributed by atoms with Crippen LogP contribution in [0.3, 0.4) is 0 Å². The maximum atomic E-state index is 13.4. The number of carbonyl (C=O) groups excluding carboxylic acids is 2. The molecule has 0 aliphatic carbocycles. The Kier molecular flexibility index (Phi) is 4.50. The minimum atomic E-state index is -1.28. The molecule has 0 radical (unpaired) electrons. The molecule has 2 rings (SSSR count). The van der Waals surface area contributed by atoms with Gasteiger partial charge in [-0.2, -0.15) is 0 Å². The molecule has 1 amide bonds. The molecule has 116 valence electrons. The Hall–Kier alpha value is -2.77. The standard InChI is InChI=1S/C14H12F2N2O4/c1-7-6-11(22-18-7)14(20)21-8(2)13(19)17-12-9(15)4-3-5-10(12)16/h3-6,8H,1-2H3,(H,17,19)/t8-/m0/s1. The molecule has 0 aliphatic rings. The molecule has 0 fully saturated rings. The number of nitrogens with one attached hydrogen (secondary N) is 1. The highest BCUT2D eigenvalue weighted by Crippen LogP contribution is 2.18. The molecular weight excluding hydrogens is 298 g/mol. The second kappa shape index (κ2) is 6.33. The topological polar surface area (TPSA) is 81.4 Å². The van der Waals surface area contributed by atoms with E-state index in [-0.39, 0.29) is 5.76 Å². The molecule has 0 unspecified atom stereocenters. The highest BCUT2D eigenvalue weighted by Gasteiger charge is 2.23. The van der Waals surface area contributed by atoms with Crippen LogP contribution in [0.1, 0.15) is 23.2 Å². The minimum absolute atomic E-state index is 0.172. The van der Waals surface area contributed by atoms with Gasteiger partial charge < -0.3 is 14.6 Å². The summed E-state index contributed by atoms with van der Waals surface area (Å²) in [5, 5.41) is 5.53. The predicted octanol–water partition coefficient (Wildman–Crippen LogP) is 2.45. The number of carbonyl (C=O) groups is 2. The van der Waals surface area contributed by atoms with E-state index in [2.05, 4.69) is 9.68 Å². The van der Waals surface area contributed by atoms with Crippen LogP contribution in [0.4, 0.5) is 14.5 Å². The van der Waals surface area contributed by atoms with Crippen molar-refractivity contribution in [3.05, 3.63) is 47.4 Å². The van der Waals surface area contributed by atoms with E-state index < -0.39 is 35.3 Å². The average Bonchev–Trinajstić information content (AvgIpc) is 2.89. The molecule has 22 heavy (non-hydrogen) atoms. The van der Waals surface area contributed by atoms with Crippen molar-refractivity contribution in [1.82, 2.24) is 5.16 Å². The van der Waals surface area contributed by atoms with Crippen LogP contribution in [-0.2, 0) is 9.53 Å². The van der Waals surface area contributed by atoms with Crippen LogP contribution in [0.5, 0.6) is 0 Å². The molecule has 1 aromatic carbocycles. The quantitative estimate of drug-likeness (QED) is 0.877. The summed E-state index contributed by atoms with van der Waals surface area (Å²) < 4.78 is 36.4. The first-order chi connectivity index (χ1) is 10.4. The number of para-hydroxylation sites is 1. The number of halogens is 2. The van der Waals surface area contributed by atoms with E-state index in [1.807, 2.05) is 5.32 Å². The van der Waals surface area contributed by atoms with Gasteiger partial charge in [0.1, 0.15) is 17.3 Å². The van der Waals surface area contributed by atoms with Crippen LogP contribution >= 0.6 is 0 Å². The first kappa shape index (κ1) is 15.6. The molecular formula is C14H12F2N2O4. The molecule has 8 heteroatoms. The lowest BCUT2D eigenvalue weighted by atomic mass is 10.2. The highest BCUT2D eigenvalue weighted by atomic mass is 19.1. The van der Waals surface area contributed by atoms with Crippen LogP contribution in [0.25, 0.3) is 0 Å². The Balaban J connectivity index is 2.02. The van der Waals surface area contributed by atoms with Crippen molar-refractivity contribution in [3.63, 3.8) is 0 Å². The monoisotopic (exact) mass is 310 g/mol. The number of hydrogen-bond donors (Lipinski definition) is 1. The van der Waals surface area contributed by atoms with E-state index in [4.69, 9.17) is 4.74 Å². The van der Waals surface area contributed by atoms with Gasteiger partial charge in [0.25, 0.3) is 5.91 Å². The second-order valence-electron chi connectivity index (χ2n) is 4.47. The minimum Gasteiger partial charge on any atom is -0.447 e. The van der Waals surface area contributed by atoms with Gasteiger partial charge in [-0.3, -0.25) is 4.79 Å². The summed E-state index contributed by atoms with van der Waals surface area (Å²) in [4.78, 5) is 23.5. The van der Waals surface area contributed by atoms with Crippen LogP contribution < -0.4 is 5.32 Å². The number of aromatic nitrogens is 1. The van der Waals surface area contributed by atoms with Gasteiger partial charge in [-0.1, -0.05) is 11.2 Å². The highest BCUT2D eigenvalue weighted by molar-refractivity contribution is 5.96. The van der Waals surface area contributed by atoms with Crippen LogP contribution in [0.2, 0.25) is 0 Å². The van der Waals surface area contributed by atoms with Gasteiger partial charge >= 0.3 is 5.97 Å². The van der Waals surface area contributed by atoms with E-state index in [9.17, 15) is 18.4 Å². The Morgan fingerprint density at radius 3 is 2.50 bits per heavy atom. The Morgan fingerprint density at radius 1 is 1.32 bits per heavy atom. The third kappa shape index (κ3) is 3.46. The van der Waals surface area contributed by atoms with Crippen LogP contribution in [0, 0.1) is 18.6 Å². The van der Waals surface area contributed by atoms with E-state index in [0.29, 0.717) is 5.69 Å². The van der Waals surface area contributed by atoms with Crippen molar-refractivity contribution < 1.29 is 27.6 Å². The predicted molar refractivity (Wildman–Crippen MR) is 71.1 cm³/mol. The molecule has 0 saturated carbocycles. The lowest BCUT2D eigenvalue weighted by Gasteiger charge is -2.13. The maximum absolute atomic E-state index is 13.4. The molecule has 1 N–H and O–H groups in total. The Bertz CT molecular complexity index is 694. The number of anilines is 1. The number of aryl methyl sites for hydroxylation is 1. The number of esters is 1. The number of ether oxygens (including phenoxy) is 1. The van der Waals surface area contributed by atoms with E-state index in [0.717, 1.165) is 18.2 Å². The fourth-order valence-electron chi connectivity index (χ4n) is 1.57. The summed E-state index contributed by atoms with van der Waals surface area (Å²) in [6, 6.07) is 4.48. The van der Waals surface area contributed by atoms with Crippen LogP contribution in [0.15, 0.2) is 28.8 Å². The second-order valence-corrected chi connectivity index (χ2v) is 4.47. The van der Waals surface area contributed by atoms with Crippen molar-refractivity contribution >= 4 is 17.6 Å². The van der Waals surface area contributed by atoms with Gasteiger partial charge in [0, 0.05) is 6.07 Å². The molecule has 1 atom stereocenters. The summed E-state index contributed by atoms with van der Waals surface area (Å²) in [7, 11) is 0. The SMILES string of the molecule is Cc1cc(C(=O)O[C@@H](C)C(=O)Nc2c(F)cccc2F)on1. The third-order valence-corrected chi connectivity index (χ3v) is 2.69. The summed E-state index contributed by atoms with van der Waals surface area (Å²) in [5.74, 6) is -3.82. The third-order valence-electron chi connectivity index (χ3n) is 2.69. The average molecular weight is 310 g/mol. The fourth-order valence-corrected chi connectivity index (χ4v) is 1.57. The fraction of sp³-hybridized carbons (Fsp3) is 0.214. The van der Waals surface area contributed by atoms with Crippen molar-refractivity contribution in [2.24, 2.45) is 0 Å². The summed E-state index contributed by atoms with van der Waals surface area (Å²) in [5.41, 5.74) is -0.136. The number of nitrogens with zero attached hydrogens (tertiary/aromatic N) is 1. The maximum Gasteiger partial charge on any atom is 0.377 e. The first-order valence-corrected chi connectivity index (χ1v) is 6.27. The van der Waals surface area contributed by atoms with Crippen LogP contribution in [-0.4, -0.2) is 23.1 Å². The number of rotatable bonds is 4. The molecule has 0 aliphatic heterocycles. The molecule has 1 aromatic heterocycles. The van der Waals surface area contributed by atoms with E-state index >= 15 is 0 Å². The van der Waals surface area contributed by atoms with E-state index in [1.165, 1.54) is 13.0 Å². The summed E-state index contributed by atoms with van der Waals surface area (Å²) >= 11 is 0. The first-order valence-electron chi connectivity index (χ1n) is 6.27. The smallest absolute Gasteiger partial charge is 0.377 e. The molecule has 6 nitrogen and oxygen atoms in total. The number of amides is 1. The molecule has 0 spiro atoms. The van der Waals surface area contributed by atoms with Crippen molar-refractivity contribution in [3.8, 4) is 0 Å². The zero-order chi connectivity index (χ0) is 16.3. The van der Waals surface area contributed by atoms with Crippen molar-refractivity contribution in [1.29, 1.82) is 0 Å². The summed E-state index contributed by atoms with van der Waals surface area (Å²) in [6.45, 7) is 2.87. The van der Waals surface area contributed by atoms with Gasteiger partial charge in [0.15, 0.2) is 6.10 Å². The van der Waals surface area contributed by atoms with Crippen molar-refractivity contribution in [2.75, 3.05) is 5.32 Å². The molecule has 0 saturated heterocycles. The van der Waals surface area contributed by atoms with E-state index in [1.54, 1.807) is 6.92 Å². The van der Waals surface area contributed by atoms with Gasteiger partial charge in [-0.25, -0.2) is 13.6 Å². The normalized spacial score (nSPS) is 11.8. The molecule has 0 bridgehead atoms. The lowest BCUT2D eigenvalue weighted by Crippen LogP contribution is -2.30. The van der Waals surface area contributed by atoms with Gasteiger partial charge in [0.2, 0.25) is 5.76 Å².